The van der Waals surface area contributed by atoms with Gasteiger partial charge in [0, 0.05) is 11.3 Å². The highest BCUT2D eigenvalue weighted by atomic mass is 32.2. The summed E-state index contributed by atoms with van der Waals surface area (Å²) in [6.07, 6.45) is 0. The molecule has 8 nitrogen and oxygen atoms in total. The summed E-state index contributed by atoms with van der Waals surface area (Å²) >= 11 is 1.60. The highest BCUT2D eigenvalue weighted by molar-refractivity contribution is 7.89. The van der Waals surface area contributed by atoms with E-state index in [1.54, 1.807) is 35.6 Å². The zero-order chi connectivity index (χ0) is 25.0. The summed E-state index contributed by atoms with van der Waals surface area (Å²) in [6, 6.07) is 19.5. The number of sulfonamides is 1. The average molecular weight is 510 g/mol. The van der Waals surface area contributed by atoms with Crippen LogP contribution in [0.25, 0.3) is 20.8 Å². The number of carbonyl (C=O) groups is 2. The molecule has 0 radical (unpaired) electrons. The largest absolute Gasteiger partial charge is 0.455 e. The molecular weight excluding hydrogens is 486 g/mol. The Labute approximate surface area is 207 Å². The fourth-order valence-electron chi connectivity index (χ4n) is 3.20. The first-order valence-corrected chi connectivity index (χ1v) is 13.0. The van der Waals surface area contributed by atoms with E-state index in [1.165, 1.54) is 17.7 Å². The smallest absolute Gasteiger partial charge is 0.321 e. The standard InChI is InChI=1S/C25H23N3O5S2/c1-16-3-10-20(11-4-16)35(31,32)26-14-24(30)33-15-23(29)27-19-8-6-18(7-9-19)25-28-21-12-5-17(2)13-22(21)34-25/h3-13,26H,14-15H2,1-2H3,(H,27,29). The van der Waals surface area contributed by atoms with Gasteiger partial charge in [-0.1, -0.05) is 23.8 Å². The van der Waals surface area contributed by atoms with E-state index in [0.29, 0.717) is 5.69 Å². The molecule has 4 rings (SSSR count). The van der Waals surface area contributed by atoms with Gasteiger partial charge in [-0.25, -0.2) is 13.4 Å². The van der Waals surface area contributed by atoms with Gasteiger partial charge >= 0.3 is 5.97 Å². The molecule has 10 heteroatoms. The number of thiazole rings is 1. The Morgan fingerprint density at radius 1 is 0.943 bits per heavy atom. The van der Waals surface area contributed by atoms with Gasteiger partial charge in [0.05, 0.1) is 15.1 Å². The van der Waals surface area contributed by atoms with Crippen LogP contribution >= 0.6 is 11.3 Å². The third-order valence-corrected chi connectivity index (χ3v) is 7.55. The summed E-state index contributed by atoms with van der Waals surface area (Å²) in [6.45, 7) is 2.76. The van der Waals surface area contributed by atoms with Crippen LogP contribution in [-0.2, 0) is 24.3 Å². The number of nitrogens with one attached hydrogen (secondary N) is 2. The van der Waals surface area contributed by atoms with Crippen molar-refractivity contribution in [3.8, 4) is 10.6 Å². The number of esters is 1. The van der Waals surface area contributed by atoms with Crippen LogP contribution in [0.15, 0.2) is 71.6 Å². The minimum atomic E-state index is -3.85. The molecule has 2 N–H and O–H groups in total. The topological polar surface area (TPSA) is 114 Å². The van der Waals surface area contributed by atoms with E-state index in [9.17, 15) is 18.0 Å². The van der Waals surface area contributed by atoms with Crippen molar-refractivity contribution in [1.29, 1.82) is 0 Å². The second-order valence-electron chi connectivity index (χ2n) is 7.91. The maximum Gasteiger partial charge on any atom is 0.321 e. The van der Waals surface area contributed by atoms with Crippen molar-refractivity contribution in [1.82, 2.24) is 9.71 Å². The number of benzene rings is 3. The van der Waals surface area contributed by atoms with Crippen LogP contribution in [0.3, 0.4) is 0 Å². The van der Waals surface area contributed by atoms with Crippen molar-refractivity contribution >= 4 is 49.1 Å². The second kappa shape index (κ2) is 10.3. The van der Waals surface area contributed by atoms with Crippen molar-refractivity contribution < 1.29 is 22.7 Å². The van der Waals surface area contributed by atoms with Crippen molar-refractivity contribution in [2.75, 3.05) is 18.5 Å². The van der Waals surface area contributed by atoms with E-state index < -0.39 is 35.1 Å². The summed E-state index contributed by atoms with van der Waals surface area (Å²) < 4.78 is 32.6. The fraction of sp³-hybridized carbons (Fsp3) is 0.160. The summed E-state index contributed by atoms with van der Waals surface area (Å²) in [7, 11) is -3.85. The number of nitrogens with zero attached hydrogens (tertiary/aromatic N) is 1. The van der Waals surface area contributed by atoms with E-state index in [4.69, 9.17) is 4.74 Å². The van der Waals surface area contributed by atoms with Gasteiger partial charge in [-0.2, -0.15) is 4.72 Å². The van der Waals surface area contributed by atoms with Crippen LogP contribution in [0.1, 0.15) is 11.1 Å². The predicted octanol–water partition coefficient (Wildman–Crippen LogP) is 4.04. The van der Waals surface area contributed by atoms with Gasteiger partial charge in [0.25, 0.3) is 5.91 Å². The number of aromatic nitrogens is 1. The van der Waals surface area contributed by atoms with Crippen molar-refractivity contribution in [2.24, 2.45) is 0 Å². The number of ether oxygens (including phenoxy) is 1. The molecule has 0 saturated carbocycles. The Kier molecular flexibility index (Phi) is 7.25. The van der Waals surface area contributed by atoms with Crippen LogP contribution < -0.4 is 10.0 Å². The molecule has 0 aliphatic rings. The SMILES string of the molecule is Cc1ccc(S(=O)(=O)NCC(=O)OCC(=O)Nc2ccc(-c3nc4ccc(C)cc4s3)cc2)cc1. The highest BCUT2D eigenvalue weighted by Gasteiger charge is 2.16. The summed E-state index contributed by atoms with van der Waals surface area (Å²) in [5.41, 5.74) is 4.49. The number of rotatable bonds is 8. The lowest BCUT2D eigenvalue weighted by Crippen LogP contribution is -2.32. The van der Waals surface area contributed by atoms with Gasteiger partial charge < -0.3 is 10.1 Å². The molecule has 4 aromatic rings. The normalized spacial score (nSPS) is 11.4. The molecule has 1 aromatic heterocycles. The third-order valence-electron chi connectivity index (χ3n) is 5.06. The predicted molar refractivity (Wildman–Crippen MR) is 136 cm³/mol. The van der Waals surface area contributed by atoms with E-state index in [2.05, 4.69) is 21.1 Å². The van der Waals surface area contributed by atoms with Crippen molar-refractivity contribution in [2.45, 2.75) is 18.7 Å². The van der Waals surface area contributed by atoms with Gasteiger partial charge in [0.1, 0.15) is 11.6 Å². The zero-order valence-corrected chi connectivity index (χ0v) is 20.7. The zero-order valence-electron chi connectivity index (χ0n) is 19.1. The van der Waals surface area contributed by atoms with Crippen LogP contribution in [0.4, 0.5) is 5.69 Å². The van der Waals surface area contributed by atoms with Crippen molar-refractivity contribution in [3.05, 3.63) is 77.9 Å². The summed E-state index contributed by atoms with van der Waals surface area (Å²) in [5.74, 6) is -1.40. The molecule has 3 aromatic carbocycles. The maximum absolute atomic E-state index is 12.2. The van der Waals surface area contributed by atoms with E-state index >= 15 is 0 Å². The maximum atomic E-state index is 12.2. The minimum Gasteiger partial charge on any atom is -0.455 e. The minimum absolute atomic E-state index is 0.0399. The van der Waals surface area contributed by atoms with E-state index in [0.717, 1.165) is 26.4 Å². The number of amides is 1. The second-order valence-corrected chi connectivity index (χ2v) is 10.7. The molecule has 0 spiro atoms. The van der Waals surface area contributed by atoms with Crippen LogP contribution in [0.2, 0.25) is 0 Å². The Hall–Kier alpha value is -3.60. The first-order chi connectivity index (χ1) is 16.7. The molecular formula is C25H23N3O5S2. The lowest BCUT2D eigenvalue weighted by Gasteiger charge is -2.09. The van der Waals surface area contributed by atoms with Gasteiger partial charge in [-0.15, -0.1) is 11.3 Å². The molecule has 0 atom stereocenters. The number of hydrogen-bond acceptors (Lipinski definition) is 7. The summed E-state index contributed by atoms with van der Waals surface area (Å²) in [4.78, 5) is 28.7. The monoisotopic (exact) mass is 509 g/mol. The molecule has 0 aliphatic carbocycles. The quantitative estimate of drug-likeness (QED) is 0.347. The van der Waals surface area contributed by atoms with Crippen molar-refractivity contribution in [3.63, 3.8) is 0 Å². The molecule has 1 heterocycles. The lowest BCUT2D eigenvalue weighted by atomic mass is 10.2. The molecule has 1 amide bonds. The number of carbonyl (C=O) groups excluding carboxylic acids is 2. The first kappa shape index (κ1) is 24.5. The van der Waals surface area contributed by atoms with Crippen LogP contribution in [0, 0.1) is 13.8 Å². The van der Waals surface area contributed by atoms with Gasteiger partial charge in [0.2, 0.25) is 10.0 Å². The highest BCUT2D eigenvalue weighted by Crippen LogP contribution is 2.31. The molecule has 180 valence electrons. The molecule has 35 heavy (non-hydrogen) atoms. The summed E-state index contributed by atoms with van der Waals surface area (Å²) in [5, 5.41) is 3.52. The van der Waals surface area contributed by atoms with Crippen LogP contribution in [0.5, 0.6) is 0 Å². The molecule has 0 aliphatic heterocycles. The molecule has 0 bridgehead atoms. The molecule has 0 unspecified atom stereocenters. The third kappa shape index (κ3) is 6.30. The molecule has 0 fully saturated rings. The van der Waals surface area contributed by atoms with Crippen LogP contribution in [-0.4, -0.2) is 38.4 Å². The van der Waals surface area contributed by atoms with E-state index in [-0.39, 0.29) is 4.90 Å². The Bertz CT molecular complexity index is 1480. The van der Waals surface area contributed by atoms with Gasteiger partial charge in [-0.05, 0) is 67.9 Å². The Morgan fingerprint density at radius 3 is 2.34 bits per heavy atom. The van der Waals surface area contributed by atoms with E-state index in [1.807, 2.05) is 38.1 Å². The Morgan fingerprint density at radius 2 is 1.63 bits per heavy atom. The number of aryl methyl sites for hydroxylation is 2. The fourth-order valence-corrected chi connectivity index (χ4v) is 5.24. The number of fused-ring (bicyclic) bond motifs is 1. The van der Waals surface area contributed by atoms with Gasteiger partial charge in [0.15, 0.2) is 6.61 Å². The average Bonchev–Trinajstić information content (AvgIpc) is 3.25. The number of anilines is 1. The lowest BCUT2D eigenvalue weighted by molar-refractivity contribution is -0.146. The number of hydrogen-bond donors (Lipinski definition) is 2. The first-order valence-electron chi connectivity index (χ1n) is 10.7. The molecule has 0 saturated heterocycles. The van der Waals surface area contributed by atoms with Gasteiger partial charge in [-0.3, -0.25) is 9.59 Å². The Balaban J connectivity index is 1.26.